The first kappa shape index (κ1) is 11.3. The van der Waals surface area contributed by atoms with Crippen molar-refractivity contribution < 1.29 is 4.79 Å². The normalized spacial score (nSPS) is 10.0. The number of primary amides is 1. The summed E-state index contributed by atoms with van der Waals surface area (Å²) in [6.07, 6.45) is 1.67. The van der Waals surface area contributed by atoms with E-state index in [0.29, 0.717) is 18.1 Å². The van der Waals surface area contributed by atoms with Gasteiger partial charge in [-0.05, 0) is 25.5 Å². The maximum absolute atomic E-state index is 10.9. The van der Waals surface area contributed by atoms with E-state index in [0.717, 1.165) is 5.56 Å². The van der Waals surface area contributed by atoms with Crippen LogP contribution in [0.2, 0.25) is 0 Å². The zero-order chi connectivity index (χ0) is 11.4. The Labute approximate surface area is 89.1 Å². The van der Waals surface area contributed by atoms with Crippen LogP contribution in [0.5, 0.6) is 0 Å². The summed E-state index contributed by atoms with van der Waals surface area (Å²) < 4.78 is 0. The smallest absolute Gasteiger partial charge is 0.236 e. The molecule has 4 N–H and O–H groups in total. The monoisotopic (exact) mass is 208 g/mol. The van der Waals surface area contributed by atoms with Crippen molar-refractivity contribution in [3.05, 3.63) is 17.8 Å². The molecule has 0 saturated carbocycles. The Morgan fingerprint density at radius 2 is 2.27 bits per heavy atom. The minimum absolute atomic E-state index is 0.136. The number of aryl methyl sites for hydroxylation is 1. The van der Waals surface area contributed by atoms with Gasteiger partial charge in [-0.3, -0.25) is 4.79 Å². The fraction of sp³-hybridized carbons (Fsp3) is 0.400. The summed E-state index contributed by atoms with van der Waals surface area (Å²) in [6, 6.07) is 1.83. The van der Waals surface area contributed by atoms with Crippen molar-refractivity contribution in [2.45, 2.75) is 13.8 Å². The number of nitrogens with zero attached hydrogens (tertiary/aromatic N) is 2. The summed E-state index contributed by atoms with van der Waals surface area (Å²) in [6.45, 7) is 4.60. The maximum atomic E-state index is 10.9. The fourth-order valence-corrected chi connectivity index (χ4v) is 1.33. The van der Waals surface area contributed by atoms with Crippen LogP contribution in [0.15, 0.2) is 12.3 Å². The average Bonchev–Trinajstić information content (AvgIpc) is 2.19. The first-order valence-corrected chi connectivity index (χ1v) is 4.80. The molecule has 0 aliphatic rings. The number of likely N-dealkylation sites (N-methyl/N-ethyl adjacent to an activating group) is 1. The summed E-state index contributed by atoms with van der Waals surface area (Å²) in [7, 11) is 0. The number of rotatable bonds is 4. The summed E-state index contributed by atoms with van der Waals surface area (Å²) in [5, 5.41) is 0. The van der Waals surface area contributed by atoms with Crippen LogP contribution in [-0.4, -0.2) is 24.0 Å². The van der Waals surface area contributed by atoms with Crippen molar-refractivity contribution in [3.63, 3.8) is 0 Å². The van der Waals surface area contributed by atoms with Gasteiger partial charge in [0.25, 0.3) is 0 Å². The number of pyridine rings is 1. The first-order valence-electron chi connectivity index (χ1n) is 4.80. The van der Waals surface area contributed by atoms with E-state index in [9.17, 15) is 4.79 Å². The molecule has 1 aromatic heterocycles. The number of aromatic nitrogens is 1. The molecule has 0 fully saturated rings. The van der Waals surface area contributed by atoms with Crippen LogP contribution < -0.4 is 16.4 Å². The minimum Gasteiger partial charge on any atom is -0.396 e. The van der Waals surface area contributed by atoms with Crippen LogP contribution in [0.4, 0.5) is 11.5 Å². The second kappa shape index (κ2) is 4.63. The lowest BCUT2D eigenvalue weighted by Gasteiger charge is -2.22. The van der Waals surface area contributed by atoms with Crippen LogP contribution in [-0.2, 0) is 4.79 Å². The van der Waals surface area contributed by atoms with E-state index >= 15 is 0 Å². The Morgan fingerprint density at radius 3 is 2.80 bits per heavy atom. The third-order valence-corrected chi connectivity index (χ3v) is 2.22. The summed E-state index contributed by atoms with van der Waals surface area (Å²) in [5.41, 5.74) is 12.6. The van der Waals surface area contributed by atoms with Crippen LogP contribution in [0.25, 0.3) is 0 Å². The van der Waals surface area contributed by atoms with E-state index in [1.165, 1.54) is 0 Å². The third-order valence-electron chi connectivity index (χ3n) is 2.22. The van der Waals surface area contributed by atoms with Gasteiger partial charge in [-0.2, -0.15) is 0 Å². The van der Waals surface area contributed by atoms with Gasteiger partial charge in [-0.15, -0.1) is 0 Å². The predicted octanol–water partition coefficient (Wildman–Crippen LogP) is 0.284. The number of carbonyl (C=O) groups is 1. The molecule has 5 nitrogen and oxygen atoms in total. The highest BCUT2D eigenvalue weighted by Crippen LogP contribution is 2.22. The Kier molecular flexibility index (Phi) is 3.49. The number of hydrogen-bond acceptors (Lipinski definition) is 4. The van der Waals surface area contributed by atoms with Gasteiger partial charge >= 0.3 is 0 Å². The van der Waals surface area contributed by atoms with Crippen LogP contribution in [0.3, 0.4) is 0 Å². The third kappa shape index (κ3) is 2.59. The first-order chi connectivity index (χ1) is 7.06. The van der Waals surface area contributed by atoms with E-state index in [2.05, 4.69) is 4.98 Å². The molecule has 1 rings (SSSR count). The maximum Gasteiger partial charge on any atom is 0.236 e. The lowest BCUT2D eigenvalue weighted by Crippen LogP contribution is -2.34. The van der Waals surface area contributed by atoms with E-state index in [4.69, 9.17) is 11.5 Å². The topological polar surface area (TPSA) is 85.2 Å². The average molecular weight is 208 g/mol. The Bertz CT molecular complexity index is 364. The highest BCUT2D eigenvalue weighted by molar-refractivity contribution is 5.81. The molecule has 5 heteroatoms. The number of hydrogen-bond donors (Lipinski definition) is 2. The summed E-state index contributed by atoms with van der Waals surface area (Å²) >= 11 is 0. The molecule has 0 bridgehead atoms. The number of anilines is 2. The molecule has 1 heterocycles. The highest BCUT2D eigenvalue weighted by Gasteiger charge is 2.12. The SMILES string of the molecule is CCN(CC(N)=O)c1nccc(C)c1N. The molecule has 15 heavy (non-hydrogen) atoms. The predicted molar refractivity (Wildman–Crippen MR) is 60.5 cm³/mol. The molecule has 0 aliphatic heterocycles. The van der Waals surface area contributed by atoms with Gasteiger partial charge in [0, 0.05) is 12.7 Å². The van der Waals surface area contributed by atoms with Crippen molar-refractivity contribution in [2.75, 3.05) is 23.7 Å². The van der Waals surface area contributed by atoms with Gasteiger partial charge in [-0.1, -0.05) is 0 Å². The second-order valence-corrected chi connectivity index (χ2v) is 3.35. The highest BCUT2D eigenvalue weighted by atomic mass is 16.1. The van der Waals surface area contributed by atoms with Gasteiger partial charge in [-0.25, -0.2) is 4.98 Å². The quantitative estimate of drug-likeness (QED) is 0.744. The van der Waals surface area contributed by atoms with E-state index in [-0.39, 0.29) is 12.5 Å². The molecule has 0 aromatic carbocycles. The lowest BCUT2D eigenvalue weighted by molar-refractivity contribution is -0.116. The van der Waals surface area contributed by atoms with Crippen LogP contribution in [0.1, 0.15) is 12.5 Å². The molecule has 0 atom stereocenters. The molecule has 0 unspecified atom stereocenters. The van der Waals surface area contributed by atoms with Gasteiger partial charge < -0.3 is 16.4 Å². The van der Waals surface area contributed by atoms with Crippen molar-refractivity contribution in [1.82, 2.24) is 4.98 Å². The zero-order valence-corrected chi connectivity index (χ0v) is 9.03. The Balaban J connectivity index is 3.01. The Hall–Kier alpha value is -1.78. The number of nitrogen functional groups attached to an aromatic ring is 1. The van der Waals surface area contributed by atoms with E-state index in [1.54, 1.807) is 11.1 Å². The van der Waals surface area contributed by atoms with Gasteiger partial charge in [0.05, 0.1) is 12.2 Å². The standard InChI is InChI=1S/C10H16N4O/c1-3-14(6-8(11)15)10-9(12)7(2)4-5-13-10/h4-5H,3,6,12H2,1-2H3,(H2,11,15). The largest absolute Gasteiger partial charge is 0.396 e. The van der Waals surface area contributed by atoms with Crippen molar-refractivity contribution in [2.24, 2.45) is 5.73 Å². The lowest BCUT2D eigenvalue weighted by atomic mass is 10.2. The molecule has 0 saturated heterocycles. The van der Waals surface area contributed by atoms with Crippen molar-refractivity contribution >= 4 is 17.4 Å². The minimum atomic E-state index is -0.389. The van der Waals surface area contributed by atoms with Crippen LogP contribution >= 0.6 is 0 Å². The fourth-order valence-electron chi connectivity index (χ4n) is 1.33. The number of carbonyl (C=O) groups excluding carboxylic acids is 1. The Morgan fingerprint density at radius 1 is 1.60 bits per heavy atom. The van der Waals surface area contributed by atoms with Crippen molar-refractivity contribution in [1.29, 1.82) is 0 Å². The molecule has 0 radical (unpaired) electrons. The van der Waals surface area contributed by atoms with Gasteiger partial charge in [0.1, 0.15) is 0 Å². The van der Waals surface area contributed by atoms with Gasteiger partial charge in [0.2, 0.25) is 5.91 Å². The molecule has 82 valence electrons. The van der Waals surface area contributed by atoms with E-state index < -0.39 is 0 Å². The van der Waals surface area contributed by atoms with E-state index in [1.807, 2.05) is 19.9 Å². The number of amides is 1. The molecule has 1 amide bonds. The number of nitrogens with two attached hydrogens (primary N) is 2. The second-order valence-electron chi connectivity index (χ2n) is 3.35. The van der Waals surface area contributed by atoms with Crippen LogP contribution in [0, 0.1) is 6.92 Å². The summed E-state index contributed by atoms with van der Waals surface area (Å²) in [4.78, 5) is 16.8. The molecule has 1 aromatic rings. The summed E-state index contributed by atoms with van der Waals surface area (Å²) in [5.74, 6) is 0.232. The zero-order valence-electron chi connectivity index (χ0n) is 9.03. The van der Waals surface area contributed by atoms with Gasteiger partial charge in [0.15, 0.2) is 5.82 Å². The molecular weight excluding hydrogens is 192 g/mol. The molecule has 0 aliphatic carbocycles. The molecular formula is C10H16N4O. The van der Waals surface area contributed by atoms with Crippen molar-refractivity contribution in [3.8, 4) is 0 Å². The molecule has 0 spiro atoms.